The molecule has 0 bridgehead atoms. The maximum atomic E-state index is 12.7. The number of methoxy groups -OCH3 is 1. The van der Waals surface area contributed by atoms with Crippen LogP contribution >= 0.6 is 22.6 Å². The zero-order valence-corrected chi connectivity index (χ0v) is 12.0. The Labute approximate surface area is 117 Å². The summed E-state index contributed by atoms with van der Waals surface area (Å²) in [6.45, 7) is 1.96. The number of carbonyl (C=O) groups excluding carboxylic acids is 1. The minimum absolute atomic E-state index is 0.0555. The molecule has 1 rings (SSSR count). The van der Waals surface area contributed by atoms with Crippen LogP contribution in [0.1, 0.15) is 24.6 Å². The van der Waals surface area contributed by atoms with E-state index in [0.717, 1.165) is 6.20 Å². The SMILES string of the molecule is CCOC(=O)Cc1ncc(C(F)F)c(OC)c1I. The molecule has 0 amide bonds. The Morgan fingerprint density at radius 1 is 1.56 bits per heavy atom. The van der Waals surface area contributed by atoms with Gasteiger partial charge in [-0.1, -0.05) is 0 Å². The molecule has 0 aliphatic heterocycles. The predicted octanol–water partition coefficient (Wildman–Crippen LogP) is 2.74. The molecule has 0 saturated carbocycles. The van der Waals surface area contributed by atoms with Crippen LogP contribution in [0.15, 0.2) is 6.20 Å². The van der Waals surface area contributed by atoms with Crippen molar-refractivity contribution in [2.75, 3.05) is 13.7 Å². The van der Waals surface area contributed by atoms with Crippen LogP contribution in [0.4, 0.5) is 8.78 Å². The molecule has 0 spiro atoms. The molecular weight excluding hydrogens is 359 g/mol. The van der Waals surface area contributed by atoms with Gasteiger partial charge in [0.15, 0.2) is 0 Å². The number of hydrogen-bond acceptors (Lipinski definition) is 4. The first-order valence-electron chi connectivity index (χ1n) is 5.16. The van der Waals surface area contributed by atoms with E-state index in [1.807, 2.05) is 22.6 Å². The quantitative estimate of drug-likeness (QED) is 0.590. The second-order valence-corrected chi connectivity index (χ2v) is 4.37. The second-order valence-electron chi connectivity index (χ2n) is 3.29. The van der Waals surface area contributed by atoms with Crippen molar-refractivity contribution in [3.05, 3.63) is 21.0 Å². The summed E-state index contributed by atoms with van der Waals surface area (Å²) in [4.78, 5) is 15.2. The first-order chi connectivity index (χ1) is 8.51. The van der Waals surface area contributed by atoms with Crippen LogP contribution in [0.2, 0.25) is 0 Å². The zero-order chi connectivity index (χ0) is 13.7. The first-order valence-corrected chi connectivity index (χ1v) is 6.24. The highest BCUT2D eigenvalue weighted by Crippen LogP contribution is 2.33. The molecule has 0 saturated heterocycles. The zero-order valence-electron chi connectivity index (χ0n) is 9.87. The summed E-state index contributed by atoms with van der Waals surface area (Å²) in [6.07, 6.45) is -1.70. The average molecular weight is 371 g/mol. The molecule has 100 valence electrons. The van der Waals surface area contributed by atoms with Gasteiger partial charge in [0.25, 0.3) is 6.43 Å². The van der Waals surface area contributed by atoms with Crippen LogP contribution < -0.4 is 4.74 Å². The van der Waals surface area contributed by atoms with E-state index in [4.69, 9.17) is 9.47 Å². The number of hydrogen-bond donors (Lipinski definition) is 0. The largest absolute Gasteiger partial charge is 0.495 e. The molecule has 0 radical (unpaired) electrons. The van der Waals surface area contributed by atoms with Crippen molar-refractivity contribution in [2.45, 2.75) is 19.8 Å². The molecule has 7 heteroatoms. The topological polar surface area (TPSA) is 48.4 Å². The summed E-state index contributed by atoms with van der Waals surface area (Å²) in [6, 6.07) is 0. The number of esters is 1. The highest BCUT2D eigenvalue weighted by Gasteiger charge is 2.21. The lowest BCUT2D eigenvalue weighted by molar-refractivity contribution is -0.142. The molecule has 4 nitrogen and oxygen atoms in total. The van der Waals surface area contributed by atoms with E-state index in [-0.39, 0.29) is 24.3 Å². The maximum absolute atomic E-state index is 12.7. The Balaban J connectivity index is 3.05. The fourth-order valence-corrected chi connectivity index (χ4v) is 2.22. The van der Waals surface area contributed by atoms with Gasteiger partial charge in [-0.2, -0.15) is 0 Å². The van der Waals surface area contributed by atoms with Gasteiger partial charge in [0.2, 0.25) is 0 Å². The number of alkyl halides is 2. The number of aromatic nitrogens is 1. The molecule has 0 N–H and O–H groups in total. The van der Waals surface area contributed by atoms with Crippen molar-refractivity contribution in [2.24, 2.45) is 0 Å². The summed E-state index contributed by atoms with van der Waals surface area (Å²) in [5.41, 5.74) is 0.0878. The maximum Gasteiger partial charge on any atom is 0.311 e. The Kier molecular flexibility index (Phi) is 5.70. The third-order valence-corrected chi connectivity index (χ3v) is 3.24. The molecule has 0 aliphatic rings. The lowest BCUT2D eigenvalue weighted by Crippen LogP contribution is -2.11. The first kappa shape index (κ1) is 15.1. The molecule has 0 unspecified atom stereocenters. The Morgan fingerprint density at radius 3 is 2.72 bits per heavy atom. The molecule has 0 fully saturated rings. The molecule has 0 aliphatic carbocycles. The number of nitrogens with zero attached hydrogens (tertiary/aromatic N) is 1. The Bertz CT molecular complexity index is 441. The highest BCUT2D eigenvalue weighted by molar-refractivity contribution is 14.1. The van der Waals surface area contributed by atoms with E-state index in [2.05, 4.69) is 4.98 Å². The van der Waals surface area contributed by atoms with Gasteiger partial charge in [0.05, 0.1) is 35.0 Å². The fourth-order valence-electron chi connectivity index (χ4n) is 1.36. The van der Waals surface area contributed by atoms with E-state index < -0.39 is 12.4 Å². The van der Waals surface area contributed by atoms with Crippen molar-refractivity contribution in [3.8, 4) is 5.75 Å². The number of carbonyl (C=O) groups is 1. The molecule has 0 aromatic carbocycles. The lowest BCUT2D eigenvalue weighted by atomic mass is 10.2. The van der Waals surface area contributed by atoms with Gasteiger partial charge in [-0.3, -0.25) is 9.78 Å². The molecule has 1 aromatic rings. The van der Waals surface area contributed by atoms with Gasteiger partial charge in [-0.25, -0.2) is 8.78 Å². The van der Waals surface area contributed by atoms with Crippen LogP contribution in [0.3, 0.4) is 0 Å². The second kappa shape index (κ2) is 6.81. The van der Waals surface area contributed by atoms with E-state index in [9.17, 15) is 13.6 Å². The van der Waals surface area contributed by atoms with E-state index in [1.165, 1.54) is 7.11 Å². The van der Waals surface area contributed by atoms with Crippen molar-refractivity contribution in [3.63, 3.8) is 0 Å². The lowest BCUT2D eigenvalue weighted by Gasteiger charge is -2.12. The number of halogens is 3. The molecule has 18 heavy (non-hydrogen) atoms. The highest BCUT2D eigenvalue weighted by atomic mass is 127. The summed E-state index contributed by atoms with van der Waals surface area (Å²) in [7, 11) is 1.30. The van der Waals surface area contributed by atoms with Gasteiger partial charge >= 0.3 is 5.97 Å². The third-order valence-electron chi connectivity index (χ3n) is 2.13. The predicted molar refractivity (Wildman–Crippen MR) is 68.8 cm³/mol. The van der Waals surface area contributed by atoms with Crippen molar-refractivity contribution in [1.29, 1.82) is 0 Å². The van der Waals surface area contributed by atoms with Crippen LogP contribution in [-0.4, -0.2) is 24.7 Å². The van der Waals surface area contributed by atoms with E-state index >= 15 is 0 Å². The van der Waals surface area contributed by atoms with Crippen molar-refractivity contribution in [1.82, 2.24) is 4.98 Å². The summed E-state index contributed by atoms with van der Waals surface area (Å²) in [5, 5.41) is 0. The van der Waals surface area contributed by atoms with Gasteiger partial charge in [-0.05, 0) is 29.5 Å². The Hall–Kier alpha value is -0.990. The van der Waals surface area contributed by atoms with Crippen molar-refractivity contribution < 1.29 is 23.0 Å². The third kappa shape index (κ3) is 3.50. The smallest absolute Gasteiger partial charge is 0.311 e. The van der Waals surface area contributed by atoms with Crippen LogP contribution in [0, 0.1) is 3.57 Å². The molecule has 0 atom stereocenters. The van der Waals surface area contributed by atoms with Gasteiger partial charge in [0, 0.05) is 6.20 Å². The fraction of sp³-hybridized carbons (Fsp3) is 0.455. The average Bonchev–Trinajstić information content (AvgIpc) is 2.31. The van der Waals surface area contributed by atoms with Gasteiger partial charge in [0.1, 0.15) is 5.75 Å². The minimum Gasteiger partial charge on any atom is -0.495 e. The molecule has 1 aromatic heterocycles. The number of pyridine rings is 1. The Morgan fingerprint density at radius 2 is 2.22 bits per heavy atom. The van der Waals surface area contributed by atoms with Gasteiger partial charge < -0.3 is 9.47 Å². The van der Waals surface area contributed by atoms with E-state index in [0.29, 0.717) is 9.26 Å². The van der Waals surface area contributed by atoms with Crippen LogP contribution in [0.25, 0.3) is 0 Å². The summed E-state index contributed by atoms with van der Waals surface area (Å²) in [5.74, 6) is -0.394. The standard InChI is InChI=1S/C11H12F2INO3/c1-3-18-8(16)4-7-9(14)10(17-2)6(5-15-7)11(12)13/h5,11H,3-4H2,1-2H3. The monoisotopic (exact) mass is 371 g/mol. The minimum atomic E-state index is -2.67. The van der Waals surface area contributed by atoms with Crippen LogP contribution in [0.5, 0.6) is 5.75 Å². The summed E-state index contributed by atoms with van der Waals surface area (Å²) < 4.78 is 35.5. The van der Waals surface area contributed by atoms with Gasteiger partial charge in [-0.15, -0.1) is 0 Å². The summed E-state index contributed by atoms with van der Waals surface area (Å²) >= 11 is 1.83. The van der Waals surface area contributed by atoms with E-state index in [1.54, 1.807) is 6.92 Å². The van der Waals surface area contributed by atoms with Crippen molar-refractivity contribution >= 4 is 28.6 Å². The molecule has 1 heterocycles. The van der Waals surface area contributed by atoms with Crippen LogP contribution in [-0.2, 0) is 16.0 Å². The molecular formula is C11H12F2INO3. The number of rotatable bonds is 5. The normalized spacial score (nSPS) is 10.6. The number of ether oxygens (including phenoxy) is 2.